The maximum Gasteiger partial charge on any atom is 0.126 e. The molecule has 2 aromatic heterocycles. The van der Waals surface area contributed by atoms with Crippen molar-refractivity contribution in [3.8, 4) is 11.4 Å². The van der Waals surface area contributed by atoms with Gasteiger partial charge < -0.3 is 4.90 Å². The van der Waals surface area contributed by atoms with Gasteiger partial charge in [-0.15, -0.1) is 0 Å². The van der Waals surface area contributed by atoms with Crippen molar-refractivity contribution >= 4 is 0 Å². The van der Waals surface area contributed by atoms with Crippen molar-refractivity contribution in [1.82, 2.24) is 24.6 Å². The highest BCUT2D eigenvalue weighted by atomic mass is 15.3. The minimum Gasteiger partial charge on any atom is -0.301 e. The van der Waals surface area contributed by atoms with Gasteiger partial charge in [0.15, 0.2) is 0 Å². The summed E-state index contributed by atoms with van der Waals surface area (Å²) >= 11 is 0. The number of aromatic nitrogens is 4. The third-order valence-electron chi connectivity index (χ3n) is 4.96. The molecule has 1 saturated heterocycles. The van der Waals surface area contributed by atoms with Crippen LogP contribution < -0.4 is 0 Å². The summed E-state index contributed by atoms with van der Waals surface area (Å²) in [5, 5.41) is 4.44. The zero-order valence-electron chi connectivity index (χ0n) is 15.5. The molecule has 5 heteroatoms. The number of aryl methyl sites for hydroxylation is 1. The Morgan fingerprint density at radius 2 is 1.75 bits per heavy atom. The molecule has 3 heterocycles. The van der Waals surface area contributed by atoms with Crippen LogP contribution in [0.1, 0.15) is 64.0 Å². The average molecular weight is 327 g/mol. The molecule has 3 rings (SSSR count). The lowest BCUT2D eigenvalue weighted by molar-refractivity contribution is 0.170. The Kier molecular flexibility index (Phi) is 4.99. The Hall–Kier alpha value is -1.75. The van der Waals surface area contributed by atoms with Crippen LogP contribution in [0.3, 0.4) is 0 Å². The van der Waals surface area contributed by atoms with Gasteiger partial charge in [0.2, 0.25) is 0 Å². The summed E-state index contributed by atoms with van der Waals surface area (Å²) in [6, 6.07) is 5.18. The van der Waals surface area contributed by atoms with E-state index in [0.29, 0.717) is 18.0 Å². The second kappa shape index (κ2) is 7.01. The average Bonchev–Trinajstić information content (AvgIpc) is 3.04. The molecule has 0 unspecified atom stereocenters. The Balaban J connectivity index is 1.86. The number of nitrogens with zero attached hydrogens (tertiary/aromatic N) is 5. The Bertz CT molecular complexity index is 681. The first-order chi connectivity index (χ1) is 11.5. The van der Waals surface area contributed by atoms with Gasteiger partial charge in [0.05, 0.1) is 11.4 Å². The third-order valence-corrected chi connectivity index (χ3v) is 4.96. The van der Waals surface area contributed by atoms with E-state index in [1.165, 1.54) is 18.5 Å². The molecule has 0 N–H and O–H groups in total. The molecule has 1 aliphatic heterocycles. The number of rotatable bonds is 4. The van der Waals surface area contributed by atoms with Gasteiger partial charge in [0.1, 0.15) is 5.82 Å². The maximum atomic E-state index is 4.75. The van der Waals surface area contributed by atoms with Gasteiger partial charge in [-0.3, -0.25) is 4.68 Å². The van der Waals surface area contributed by atoms with Gasteiger partial charge in [-0.25, -0.2) is 9.97 Å². The molecular formula is C19H29N5. The van der Waals surface area contributed by atoms with Crippen LogP contribution in [0.5, 0.6) is 0 Å². The highest BCUT2D eigenvalue weighted by Gasteiger charge is 2.24. The molecule has 0 atom stereocenters. The summed E-state index contributed by atoms with van der Waals surface area (Å²) in [7, 11) is 0. The normalized spacial score (nSPS) is 17.1. The molecule has 0 aromatic carbocycles. The van der Waals surface area contributed by atoms with Crippen LogP contribution in [0.4, 0.5) is 0 Å². The predicted molar refractivity (Wildman–Crippen MR) is 97.1 cm³/mol. The molecule has 0 saturated carbocycles. The molecule has 0 amide bonds. The van der Waals surface area contributed by atoms with Crippen molar-refractivity contribution in [3.05, 3.63) is 29.8 Å². The van der Waals surface area contributed by atoms with E-state index in [-0.39, 0.29) is 0 Å². The van der Waals surface area contributed by atoms with Crippen molar-refractivity contribution in [2.75, 3.05) is 13.1 Å². The Morgan fingerprint density at radius 3 is 2.38 bits per heavy atom. The van der Waals surface area contributed by atoms with Crippen LogP contribution in [0, 0.1) is 6.92 Å². The molecule has 2 aromatic rings. The highest BCUT2D eigenvalue weighted by Crippen LogP contribution is 2.30. The molecule has 1 fully saturated rings. The van der Waals surface area contributed by atoms with Crippen molar-refractivity contribution in [2.24, 2.45) is 0 Å². The van der Waals surface area contributed by atoms with E-state index in [4.69, 9.17) is 4.98 Å². The second-order valence-electron chi connectivity index (χ2n) is 7.38. The third kappa shape index (κ3) is 3.51. The molecular weight excluding hydrogens is 298 g/mol. The summed E-state index contributed by atoms with van der Waals surface area (Å²) in [6.45, 7) is 13.2. The second-order valence-corrected chi connectivity index (χ2v) is 7.38. The minimum atomic E-state index is 0.322. The first-order valence-electron chi connectivity index (χ1n) is 9.09. The smallest absolute Gasteiger partial charge is 0.126 e. The predicted octanol–water partition coefficient (Wildman–Crippen LogP) is 3.82. The van der Waals surface area contributed by atoms with Crippen LogP contribution in [0.2, 0.25) is 0 Å². The van der Waals surface area contributed by atoms with E-state index in [1.807, 2.05) is 23.9 Å². The largest absolute Gasteiger partial charge is 0.301 e. The van der Waals surface area contributed by atoms with E-state index in [1.54, 1.807) is 0 Å². The quantitative estimate of drug-likeness (QED) is 0.856. The van der Waals surface area contributed by atoms with Crippen LogP contribution in [-0.4, -0.2) is 43.8 Å². The van der Waals surface area contributed by atoms with Gasteiger partial charge in [-0.1, -0.05) is 0 Å². The summed E-state index contributed by atoms with van der Waals surface area (Å²) in [5.41, 5.74) is 3.27. The standard InChI is InChI=1S/C19H29N5/c1-13(2)23-10-7-16(8-11-23)17-12-18(22-15(5)21-17)19-6-9-20-24(19)14(3)4/h6,9,12-14,16H,7-8,10-11H2,1-5H3. The van der Waals surface area contributed by atoms with Gasteiger partial charge >= 0.3 is 0 Å². The lowest BCUT2D eigenvalue weighted by Gasteiger charge is -2.34. The van der Waals surface area contributed by atoms with Gasteiger partial charge in [0, 0.05) is 29.9 Å². The van der Waals surface area contributed by atoms with Crippen LogP contribution in [-0.2, 0) is 0 Å². The van der Waals surface area contributed by atoms with Crippen LogP contribution in [0.15, 0.2) is 18.3 Å². The van der Waals surface area contributed by atoms with Gasteiger partial charge in [-0.05, 0) is 72.7 Å². The summed E-state index contributed by atoms with van der Waals surface area (Å²) in [4.78, 5) is 12.0. The molecule has 5 nitrogen and oxygen atoms in total. The molecule has 130 valence electrons. The molecule has 1 aliphatic rings. The van der Waals surface area contributed by atoms with E-state index in [9.17, 15) is 0 Å². The van der Waals surface area contributed by atoms with E-state index < -0.39 is 0 Å². The van der Waals surface area contributed by atoms with Crippen LogP contribution >= 0.6 is 0 Å². The first-order valence-corrected chi connectivity index (χ1v) is 9.09. The van der Waals surface area contributed by atoms with Crippen molar-refractivity contribution < 1.29 is 0 Å². The van der Waals surface area contributed by atoms with E-state index in [0.717, 1.165) is 30.3 Å². The minimum absolute atomic E-state index is 0.322. The van der Waals surface area contributed by atoms with Crippen molar-refractivity contribution in [3.63, 3.8) is 0 Å². The summed E-state index contributed by atoms with van der Waals surface area (Å²) < 4.78 is 2.03. The monoisotopic (exact) mass is 327 g/mol. The summed E-state index contributed by atoms with van der Waals surface area (Å²) in [5.74, 6) is 1.39. The molecule has 0 spiro atoms. The zero-order chi connectivity index (χ0) is 17.3. The Labute approximate surface area is 145 Å². The molecule has 0 aliphatic carbocycles. The zero-order valence-corrected chi connectivity index (χ0v) is 15.5. The number of likely N-dealkylation sites (tertiary alicyclic amines) is 1. The fourth-order valence-electron chi connectivity index (χ4n) is 3.57. The summed E-state index contributed by atoms with van der Waals surface area (Å²) in [6.07, 6.45) is 4.21. The van der Waals surface area contributed by atoms with Crippen molar-refractivity contribution in [1.29, 1.82) is 0 Å². The lowest BCUT2D eigenvalue weighted by Crippen LogP contribution is -2.38. The molecule has 0 bridgehead atoms. The SMILES string of the molecule is Cc1nc(-c2ccnn2C(C)C)cc(C2CCN(C(C)C)CC2)n1. The fraction of sp³-hybridized carbons (Fsp3) is 0.632. The number of hydrogen-bond acceptors (Lipinski definition) is 4. The lowest BCUT2D eigenvalue weighted by atomic mass is 9.92. The number of piperidine rings is 1. The van der Waals surface area contributed by atoms with Gasteiger partial charge in [0.25, 0.3) is 0 Å². The maximum absolute atomic E-state index is 4.75. The van der Waals surface area contributed by atoms with E-state index in [2.05, 4.69) is 48.7 Å². The van der Waals surface area contributed by atoms with Gasteiger partial charge in [-0.2, -0.15) is 5.10 Å². The fourth-order valence-corrected chi connectivity index (χ4v) is 3.57. The van der Waals surface area contributed by atoms with E-state index >= 15 is 0 Å². The molecule has 24 heavy (non-hydrogen) atoms. The number of hydrogen-bond donors (Lipinski definition) is 0. The molecule has 0 radical (unpaired) electrons. The highest BCUT2D eigenvalue weighted by molar-refractivity contribution is 5.55. The van der Waals surface area contributed by atoms with Crippen LogP contribution in [0.25, 0.3) is 11.4 Å². The van der Waals surface area contributed by atoms with Crippen molar-refractivity contribution in [2.45, 2.75) is 65.5 Å². The first kappa shape index (κ1) is 17.1. The Morgan fingerprint density at radius 1 is 1.04 bits per heavy atom. The topological polar surface area (TPSA) is 46.8 Å².